The van der Waals surface area contributed by atoms with Gasteiger partial charge in [-0.15, -0.1) is 0 Å². The lowest BCUT2D eigenvalue weighted by Crippen LogP contribution is -1.96. The van der Waals surface area contributed by atoms with Crippen LogP contribution >= 0.6 is 11.6 Å². The summed E-state index contributed by atoms with van der Waals surface area (Å²) in [6, 6.07) is 3.30. The van der Waals surface area contributed by atoms with Crippen molar-refractivity contribution in [1.82, 2.24) is 0 Å². The highest BCUT2D eigenvalue weighted by Gasteiger charge is 2.12. The van der Waals surface area contributed by atoms with Crippen LogP contribution in [0.2, 0.25) is 5.02 Å². The van der Waals surface area contributed by atoms with Gasteiger partial charge in [0.15, 0.2) is 11.5 Å². The second kappa shape index (κ2) is 4.53. The van der Waals surface area contributed by atoms with Gasteiger partial charge in [0.2, 0.25) is 0 Å². The molecule has 1 atom stereocenters. The Balaban J connectivity index is 3.23. The minimum absolute atomic E-state index is 0.470. The maximum atomic E-state index is 9.41. The van der Waals surface area contributed by atoms with Crippen molar-refractivity contribution in [2.45, 2.75) is 13.0 Å². The lowest BCUT2D eigenvalue weighted by atomic mass is 10.1. The minimum Gasteiger partial charge on any atom is -0.493 e. The van der Waals surface area contributed by atoms with Crippen molar-refractivity contribution < 1.29 is 14.6 Å². The molecule has 0 heterocycles. The standard InChI is InChI=1S/C10H13ClO3/c1-6(12)7-4-9(13-2)10(14-3)5-8(7)11/h4-6,12H,1-3H3/t6-/m0/s1. The summed E-state index contributed by atoms with van der Waals surface area (Å²) in [6.45, 7) is 1.65. The zero-order valence-electron chi connectivity index (χ0n) is 8.37. The van der Waals surface area contributed by atoms with Gasteiger partial charge in [-0.05, 0) is 13.0 Å². The first-order valence-corrected chi connectivity index (χ1v) is 4.57. The monoisotopic (exact) mass is 216 g/mol. The lowest BCUT2D eigenvalue weighted by Gasteiger charge is -2.12. The highest BCUT2D eigenvalue weighted by Crippen LogP contribution is 2.35. The lowest BCUT2D eigenvalue weighted by molar-refractivity contribution is 0.198. The number of ether oxygens (including phenoxy) is 2. The van der Waals surface area contributed by atoms with Crippen LogP contribution in [0.3, 0.4) is 0 Å². The van der Waals surface area contributed by atoms with Crippen molar-refractivity contribution in [2.75, 3.05) is 14.2 Å². The van der Waals surface area contributed by atoms with Crippen LogP contribution in [0.4, 0.5) is 0 Å². The number of halogens is 1. The van der Waals surface area contributed by atoms with E-state index < -0.39 is 6.10 Å². The first-order valence-electron chi connectivity index (χ1n) is 4.19. The maximum Gasteiger partial charge on any atom is 0.162 e. The van der Waals surface area contributed by atoms with Gasteiger partial charge >= 0.3 is 0 Å². The Bertz CT molecular complexity index is 323. The zero-order chi connectivity index (χ0) is 10.7. The van der Waals surface area contributed by atoms with Gasteiger partial charge < -0.3 is 14.6 Å². The first-order chi connectivity index (χ1) is 6.60. The number of aliphatic hydroxyl groups excluding tert-OH is 1. The van der Waals surface area contributed by atoms with Gasteiger partial charge in [0.25, 0.3) is 0 Å². The Kier molecular flexibility index (Phi) is 3.61. The largest absolute Gasteiger partial charge is 0.493 e. The summed E-state index contributed by atoms with van der Waals surface area (Å²) in [6.07, 6.45) is -0.623. The number of benzene rings is 1. The van der Waals surface area contributed by atoms with E-state index in [0.717, 1.165) is 0 Å². The van der Waals surface area contributed by atoms with Gasteiger partial charge in [0.1, 0.15) is 0 Å². The molecular weight excluding hydrogens is 204 g/mol. The van der Waals surface area contributed by atoms with E-state index in [1.54, 1.807) is 19.1 Å². The van der Waals surface area contributed by atoms with Crippen molar-refractivity contribution in [1.29, 1.82) is 0 Å². The molecule has 1 aromatic carbocycles. The minimum atomic E-state index is -0.623. The van der Waals surface area contributed by atoms with E-state index in [0.29, 0.717) is 22.1 Å². The van der Waals surface area contributed by atoms with Crippen LogP contribution in [0.5, 0.6) is 11.5 Å². The van der Waals surface area contributed by atoms with Gasteiger partial charge in [-0.25, -0.2) is 0 Å². The second-order valence-electron chi connectivity index (χ2n) is 2.90. The second-order valence-corrected chi connectivity index (χ2v) is 3.31. The highest BCUT2D eigenvalue weighted by atomic mass is 35.5. The highest BCUT2D eigenvalue weighted by molar-refractivity contribution is 6.31. The summed E-state index contributed by atoms with van der Waals surface area (Å²) >= 11 is 5.94. The molecule has 1 rings (SSSR count). The summed E-state index contributed by atoms with van der Waals surface area (Å²) in [5.74, 6) is 1.12. The van der Waals surface area contributed by atoms with Gasteiger partial charge in [-0.3, -0.25) is 0 Å². The van der Waals surface area contributed by atoms with Crippen LogP contribution in [-0.2, 0) is 0 Å². The Morgan fingerprint density at radius 1 is 1.21 bits per heavy atom. The van der Waals surface area contributed by atoms with E-state index >= 15 is 0 Å². The SMILES string of the molecule is COc1cc(Cl)c([C@H](C)O)cc1OC. The molecule has 3 nitrogen and oxygen atoms in total. The molecule has 4 heteroatoms. The van der Waals surface area contributed by atoms with Crippen LogP contribution in [-0.4, -0.2) is 19.3 Å². The van der Waals surface area contributed by atoms with Crippen molar-refractivity contribution in [2.24, 2.45) is 0 Å². The predicted molar refractivity (Wildman–Crippen MR) is 55.2 cm³/mol. The van der Waals surface area contributed by atoms with E-state index in [4.69, 9.17) is 21.1 Å². The van der Waals surface area contributed by atoms with E-state index in [1.165, 1.54) is 14.2 Å². The Labute approximate surface area is 88.2 Å². The Morgan fingerprint density at radius 3 is 2.14 bits per heavy atom. The third-order valence-electron chi connectivity index (χ3n) is 1.95. The summed E-state index contributed by atoms with van der Waals surface area (Å²) in [7, 11) is 3.08. The molecule has 0 saturated carbocycles. The number of methoxy groups -OCH3 is 2. The number of rotatable bonds is 3. The first kappa shape index (κ1) is 11.1. The van der Waals surface area contributed by atoms with Crippen molar-refractivity contribution >= 4 is 11.6 Å². The average Bonchev–Trinajstić information content (AvgIpc) is 2.16. The molecule has 0 aliphatic heterocycles. The molecule has 78 valence electrons. The summed E-state index contributed by atoms with van der Waals surface area (Å²) < 4.78 is 10.1. The Morgan fingerprint density at radius 2 is 1.71 bits per heavy atom. The molecule has 1 aromatic rings. The normalized spacial score (nSPS) is 12.4. The van der Waals surface area contributed by atoms with E-state index in [2.05, 4.69) is 0 Å². The van der Waals surface area contributed by atoms with Gasteiger partial charge in [-0.2, -0.15) is 0 Å². The third kappa shape index (κ3) is 2.11. The molecule has 0 amide bonds. The third-order valence-corrected chi connectivity index (χ3v) is 2.28. The fourth-order valence-corrected chi connectivity index (χ4v) is 1.50. The van der Waals surface area contributed by atoms with Crippen LogP contribution in [0.15, 0.2) is 12.1 Å². The fraction of sp³-hybridized carbons (Fsp3) is 0.400. The fourth-order valence-electron chi connectivity index (χ4n) is 1.19. The number of hydrogen-bond acceptors (Lipinski definition) is 3. The zero-order valence-corrected chi connectivity index (χ0v) is 9.13. The van der Waals surface area contributed by atoms with Crippen molar-refractivity contribution in [3.8, 4) is 11.5 Å². The van der Waals surface area contributed by atoms with Crippen LogP contribution in [0, 0.1) is 0 Å². The molecule has 0 bridgehead atoms. The van der Waals surface area contributed by atoms with Gasteiger partial charge in [0.05, 0.1) is 25.3 Å². The predicted octanol–water partition coefficient (Wildman–Crippen LogP) is 2.41. The molecule has 0 aromatic heterocycles. The Hall–Kier alpha value is -0.930. The number of hydrogen-bond donors (Lipinski definition) is 1. The van der Waals surface area contributed by atoms with Crippen LogP contribution in [0.1, 0.15) is 18.6 Å². The molecule has 0 radical (unpaired) electrons. The summed E-state index contributed by atoms with van der Waals surface area (Å²) in [5.41, 5.74) is 0.629. The topological polar surface area (TPSA) is 38.7 Å². The summed E-state index contributed by atoms with van der Waals surface area (Å²) in [4.78, 5) is 0. The molecular formula is C10H13ClO3. The van der Waals surface area contributed by atoms with Crippen molar-refractivity contribution in [3.05, 3.63) is 22.7 Å². The van der Waals surface area contributed by atoms with E-state index in [-0.39, 0.29) is 0 Å². The average molecular weight is 217 g/mol. The van der Waals surface area contributed by atoms with E-state index in [1.807, 2.05) is 0 Å². The molecule has 0 aliphatic rings. The molecule has 14 heavy (non-hydrogen) atoms. The summed E-state index contributed by atoms with van der Waals surface area (Å²) in [5, 5.41) is 9.88. The van der Waals surface area contributed by atoms with Gasteiger partial charge in [-0.1, -0.05) is 11.6 Å². The molecule has 0 spiro atoms. The van der Waals surface area contributed by atoms with Crippen LogP contribution in [0.25, 0.3) is 0 Å². The molecule has 0 saturated heterocycles. The maximum absolute atomic E-state index is 9.41. The molecule has 0 fully saturated rings. The van der Waals surface area contributed by atoms with E-state index in [9.17, 15) is 5.11 Å². The smallest absolute Gasteiger partial charge is 0.162 e. The van der Waals surface area contributed by atoms with Gasteiger partial charge in [0, 0.05) is 11.6 Å². The molecule has 0 unspecified atom stereocenters. The quantitative estimate of drug-likeness (QED) is 0.844. The van der Waals surface area contributed by atoms with Crippen LogP contribution < -0.4 is 9.47 Å². The molecule has 0 aliphatic carbocycles. The van der Waals surface area contributed by atoms with Crippen molar-refractivity contribution in [3.63, 3.8) is 0 Å². The molecule has 1 N–H and O–H groups in total. The number of aliphatic hydroxyl groups is 1.